The highest BCUT2D eigenvalue weighted by molar-refractivity contribution is 5.85. The molecule has 0 aromatic rings. The number of esters is 1. The van der Waals surface area contributed by atoms with E-state index in [1.807, 2.05) is 11.9 Å². The van der Waals surface area contributed by atoms with Crippen molar-refractivity contribution < 1.29 is 14.3 Å². The average Bonchev–Trinajstić information content (AvgIpc) is 2.53. The summed E-state index contributed by atoms with van der Waals surface area (Å²) in [5.41, 5.74) is 0. The van der Waals surface area contributed by atoms with E-state index < -0.39 is 0 Å². The Morgan fingerprint density at radius 3 is 2.29 bits per heavy atom. The smallest absolute Gasteiger partial charge is 0.309 e. The molecule has 122 valence electrons. The highest BCUT2D eigenvalue weighted by Gasteiger charge is 2.37. The summed E-state index contributed by atoms with van der Waals surface area (Å²) in [5, 5.41) is 0. The number of carbonyl (C=O) groups excluding carboxylic acids is 2. The quantitative estimate of drug-likeness (QED) is 0.509. The van der Waals surface area contributed by atoms with Crippen molar-refractivity contribution in [2.75, 3.05) is 20.7 Å². The van der Waals surface area contributed by atoms with Crippen molar-refractivity contribution >= 4 is 11.9 Å². The van der Waals surface area contributed by atoms with Gasteiger partial charge in [0.15, 0.2) is 0 Å². The van der Waals surface area contributed by atoms with E-state index in [9.17, 15) is 9.59 Å². The van der Waals surface area contributed by atoms with Crippen LogP contribution in [-0.4, -0.2) is 37.5 Å². The summed E-state index contributed by atoms with van der Waals surface area (Å²) >= 11 is 0. The first-order chi connectivity index (χ1) is 10.1. The second kappa shape index (κ2) is 9.80. The number of nitrogens with zero attached hydrogens (tertiary/aromatic N) is 1. The Bertz CT molecular complexity index is 330. The Balaban J connectivity index is 2.44. The van der Waals surface area contributed by atoms with Gasteiger partial charge in [0.2, 0.25) is 5.91 Å². The third-order valence-electron chi connectivity index (χ3n) is 4.56. The molecular formula is C17H31NO3. The zero-order valence-corrected chi connectivity index (χ0v) is 13.9. The van der Waals surface area contributed by atoms with E-state index in [1.54, 1.807) is 0 Å². The fourth-order valence-electron chi connectivity index (χ4n) is 3.21. The zero-order chi connectivity index (χ0) is 15.7. The van der Waals surface area contributed by atoms with Gasteiger partial charge in [-0.1, -0.05) is 45.4 Å². The van der Waals surface area contributed by atoms with Crippen molar-refractivity contribution in [1.29, 1.82) is 0 Å². The van der Waals surface area contributed by atoms with Crippen molar-refractivity contribution in [3.63, 3.8) is 0 Å². The maximum Gasteiger partial charge on any atom is 0.309 e. The minimum Gasteiger partial charge on any atom is -0.469 e. The van der Waals surface area contributed by atoms with Crippen molar-refractivity contribution in [3.05, 3.63) is 0 Å². The average molecular weight is 297 g/mol. The van der Waals surface area contributed by atoms with Gasteiger partial charge in [-0.3, -0.25) is 9.59 Å². The standard InChI is InChI=1S/C17H31NO3/c1-4-5-6-7-10-13-18(2)16(19)14-11-8-9-12-15(14)17(20)21-3/h14-15H,4-13H2,1-3H3/t14-,15+/m0/s1. The number of hydrogen-bond donors (Lipinski definition) is 0. The van der Waals surface area contributed by atoms with Crippen LogP contribution in [0.2, 0.25) is 0 Å². The SMILES string of the molecule is CCCCCCCN(C)C(=O)[C@H]1CCCC[C@H]1C(=O)OC. The van der Waals surface area contributed by atoms with Gasteiger partial charge in [-0.05, 0) is 19.3 Å². The lowest BCUT2D eigenvalue weighted by Gasteiger charge is -2.31. The molecule has 1 aliphatic carbocycles. The molecule has 1 saturated carbocycles. The second-order valence-electron chi connectivity index (χ2n) is 6.19. The van der Waals surface area contributed by atoms with Crippen LogP contribution in [0.25, 0.3) is 0 Å². The fraction of sp³-hybridized carbons (Fsp3) is 0.882. The highest BCUT2D eigenvalue weighted by Crippen LogP contribution is 2.32. The molecule has 0 aromatic heterocycles. The van der Waals surface area contributed by atoms with Crippen LogP contribution >= 0.6 is 0 Å². The van der Waals surface area contributed by atoms with Crippen LogP contribution in [0.5, 0.6) is 0 Å². The molecular weight excluding hydrogens is 266 g/mol. The largest absolute Gasteiger partial charge is 0.469 e. The van der Waals surface area contributed by atoms with E-state index in [1.165, 1.54) is 32.8 Å². The van der Waals surface area contributed by atoms with Gasteiger partial charge in [0.05, 0.1) is 18.9 Å². The summed E-state index contributed by atoms with van der Waals surface area (Å²) in [6.07, 6.45) is 9.63. The molecule has 0 unspecified atom stereocenters. The summed E-state index contributed by atoms with van der Waals surface area (Å²) in [7, 11) is 3.28. The second-order valence-corrected chi connectivity index (χ2v) is 6.19. The Hall–Kier alpha value is -1.06. The van der Waals surface area contributed by atoms with E-state index in [4.69, 9.17) is 4.74 Å². The maximum absolute atomic E-state index is 12.6. The van der Waals surface area contributed by atoms with Crippen molar-refractivity contribution in [2.45, 2.75) is 64.7 Å². The van der Waals surface area contributed by atoms with Gasteiger partial charge >= 0.3 is 5.97 Å². The van der Waals surface area contributed by atoms with Crippen molar-refractivity contribution in [1.82, 2.24) is 4.90 Å². The van der Waals surface area contributed by atoms with Crippen LogP contribution in [0.1, 0.15) is 64.7 Å². The maximum atomic E-state index is 12.6. The molecule has 4 nitrogen and oxygen atoms in total. The molecule has 0 heterocycles. The van der Waals surface area contributed by atoms with Gasteiger partial charge in [0.1, 0.15) is 0 Å². The summed E-state index contributed by atoms with van der Waals surface area (Å²) in [5.74, 6) is -0.504. The van der Waals surface area contributed by atoms with Crippen LogP contribution < -0.4 is 0 Å². The van der Waals surface area contributed by atoms with Crippen LogP contribution in [0, 0.1) is 11.8 Å². The van der Waals surface area contributed by atoms with Gasteiger partial charge in [0, 0.05) is 13.6 Å². The third-order valence-corrected chi connectivity index (χ3v) is 4.56. The summed E-state index contributed by atoms with van der Waals surface area (Å²) in [6.45, 7) is 3.00. The Morgan fingerprint density at radius 2 is 1.67 bits per heavy atom. The topological polar surface area (TPSA) is 46.6 Å². The van der Waals surface area contributed by atoms with Gasteiger partial charge in [-0.15, -0.1) is 0 Å². The van der Waals surface area contributed by atoms with E-state index in [2.05, 4.69) is 6.92 Å². The first-order valence-electron chi connectivity index (χ1n) is 8.44. The van der Waals surface area contributed by atoms with Gasteiger partial charge in [-0.2, -0.15) is 0 Å². The molecule has 1 amide bonds. The van der Waals surface area contributed by atoms with Crippen LogP contribution in [0.4, 0.5) is 0 Å². The molecule has 1 fully saturated rings. The van der Waals surface area contributed by atoms with Crippen LogP contribution in [-0.2, 0) is 14.3 Å². The lowest BCUT2D eigenvalue weighted by atomic mass is 9.78. The first kappa shape index (κ1) is 18.0. The van der Waals surface area contributed by atoms with Gasteiger partial charge < -0.3 is 9.64 Å². The minimum atomic E-state index is -0.237. The molecule has 0 spiro atoms. The monoisotopic (exact) mass is 297 g/mol. The van der Waals surface area contributed by atoms with E-state index in [-0.39, 0.29) is 23.7 Å². The lowest BCUT2D eigenvalue weighted by Crippen LogP contribution is -2.41. The molecule has 0 saturated heterocycles. The molecule has 4 heteroatoms. The molecule has 0 radical (unpaired) electrons. The normalized spacial score (nSPS) is 21.9. The molecule has 1 rings (SSSR count). The van der Waals surface area contributed by atoms with Crippen LogP contribution in [0.3, 0.4) is 0 Å². The van der Waals surface area contributed by atoms with Gasteiger partial charge in [-0.25, -0.2) is 0 Å². The fourth-order valence-corrected chi connectivity index (χ4v) is 3.21. The summed E-state index contributed by atoms with van der Waals surface area (Å²) in [4.78, 5) is 26.2. The van der Waals surface area contributed by atoms with E-state index >= 15 is 0 Å². The zero-order valence-electron chi connectivity index (χ0n) is 13.9. The van der Waals surface area contributed by atoms with Gasteiger partial charge in [0.25, 0.3) is 0 Å². The summed E-state index contributed by atoms with van der Waals surface area (Å²) in [6, 6.07) is 0. The number of methoxy groups -OCH3 is 1. The van der Waals surface area contributed by atoms with E-state index in [0.29, 0.717) is 0 Å². The number of rotatable bonds is 8. The number of ether oxygens (including phenoxy) is 1. The van der Waals surface area contributed by atoms with Crippen LogP contribution in [0.15, 0.2) is 0 Å². The molecule has 0 aromatic carbocycles. The molecule has 0 N–H and O–H groups in total. The predicted molar refractivity (Wildman–Crippen MR) is 83.9 cm³/mol. The summed E-state index contributed by atoms with van der Waals surface area (Å²) < 4.78 is 4.87. The van der Waals surface area contributed by atoms with Crippen molar-refractivity contribution in [3.8, 4) is 0 Å². The number of unbranched alkanes of at least 4 members (excludes halogenated alkanes) is 4. The first-order valence-corrected chi connectivity index (χ1v) is 8.44. The predicted octanol–water partition coefficient (Wildman–Crippen LogP) is 3.39. The molecule has 0 aliphatic heterocycles. The lowest BCUT2D eigenvalue weighted by molar-refractivity contribution is -0.154. The van der Waals surface area contributed by atoms with Crippen molar-refractivity contribution in [2.24, 2.45) is 11.8 Å². The molecule has 1 aliphatic rings. The number of hydrogen-bond acceptors (Lipinski definition) is 3. The Labute approximate surface area is 129 Å². The van der Waals surface area contributed by atoms with E-state index in [0.717, 1.165) is 38.6 Å². The number of carbonyl (C=O) groups is 2. The Morgan fingerprint density at radius 1 is 1.05 bits per heavy atom. The molecule has 0 bridgehead atoms. The molecule has 21 heavy (non-hydrogen) atoms. The highest BCUT2D eigenvalue weighted by atomic mass is 16.5. The Kier molecular flexibility index (Phi) is 8.40. The third kappa shape index (κ3) is 5.68. The molecule has 2 atom stereocenters. The number of amides is 1. The minimum absolute atomic E-state index is 0.126.